The molecule has 20 heavy (non-hydrogen) atoms. The molecule has 0 spiro atoms. The van der Waals surface area contributed by atoms with E-state index in [0.717, 1.165) is 22.7 Å². The SMILES string of the molecule is Cc1cc(NC(C)c2ccc(N)cc2)n2ncnc2c1. The van der Waals surface area contributed by atoms with Gasteiger partial charge in [0.1, 0.15) is 12.1 Å². The van der Waals surface area contributed by atoms with E-state index in [-0.39, 0.29) is 6.04 Å². The maximum atomic E-state index is 5.72. The lowest BCUT2D eigenvalue weighted by atomic mass is 10.1. The minimum atomic E-state index is 0.157. The molecule has 1 atom stereocenters. The molecule has 3 rings (SSSR count). The normalized spacial score (nSPS) is 12.5. The number of hydrogen-bond acceptors (Lipinski definition) is 4. The first-order chi connectivity index (χ1) is 9.63. The summed E-state index contributed by atoms with van der Waals surface area (Å²) in [6, 6.07) is 12.1. The molecule has 0 aliphatic heterocycles. The second kappa shape index (κ2) is 4.85. The van der Waals surface area contributed by atoms with Crippen LogP contribution in [0.5, 0.6) is 0 Å². The molecule has 0 fully saturated rings. The highest BCUT2D eigenvalue weighted by atomic mass is 15.3. The zero-order valence-electron chi connectivity index (χ0n) is 11.5. The Morgan fingerprint density at radius 2 is 1.95 bits per heavy atom. The molecular formula is C15H17N5. The van der Waals surface area contributed by atoms with Gasteiger partial charge in [-0.25, -0.2) is 4.98 Å². The van der Waals surface area contributed by atoms with Crippen LogP contribution in [-0.4, -0.2) is 14.6 Å². The van der Waals surface area contributed by atoms with Crippen molar-refractivity contribution in [3.63, 3.8) is 0 Å². The molecule has 3 aromatic rings. The number of fused-ring (bicyclic) bond motifs is 1. The van der Waals surface area contributed by atoms with E-state index in [1.54, 1.807) is 10.8 Å². The Morgan fingerprint density at radius 3 is 2.70 bits per heavy atom. The Bertz CT molecular complexity index is 730. The third-order valence-corrected chi connectivity index (χ3v) is 3.32. The molecule has 0 radical (unpaired) electrons. The molecule has 5 nitrogen and oxygen atoms in total. The first-order valence-corrected chi connectivity index (χ1v) is 6.56. The Balaban J connectivity index is 1.92. The van der Waals surface area contributed by atoms with Gasteiger partial charge in [0.2, 0.25) is 0 Å². The molecule has 102 valence electrons. The van der Waals surface area contributed by atoms with E-state index in [0.29, 0.717) is 0 Å². The fourth-order valence-electron chi connectivity index (χ4n) is 2.25. The maximum Gasteiger partial charge on any atom is 0.157 e. The Labute approximate surface area is 117 Å². The number of aromatic nitrogens is 3. The van der Waals surface area contributed by atoms with Crippen LogP contribution in [0.1, 0.15) is 24.1 Å². The minimum absolute atomic E-state index is 0.157. The highest BCUT2D eigenvalue weighted by Crippen LogP contribution is 2.21. The molecule has 2 aromatic heterocycles. The molecule has 2 heterocycles. The van der Waals surface area contributed by atoms with E-state index >= 15 is 0 Å². The van der Waals surface area contributed by atoms with Gasteiger partial charge in [0.05, 0.1) is 0 Å². The quantitative estimate of drug-likeness (QED) is 0.716. The van der Waals surface area contributed by atoms with Crippen LogP contribution in [0.3, 0.4) is 0 Å². The zero-order chi connectivity index (χ0) is 14.1. The van der Waals surface area contributed by atoms with Gasteiger partial charge in [-0.15, -0.1) is 0 Å². The summed E-state index contributed by atoms with van der Waals surface area (Å²) < 4.78 is 1.81. The molecule has 0 aliphatic carbocycles. The summed E-state index contributed by atoms with van der Waals surface area (Å²) in [5, 5.41) is 7.71. The monoisotopic (exact) mass is 267 g/mol. The lowest BCUT2D eigenvalue weighted by Gasteiger charge is -2.17. The number of benzene rings is 1. The van der Waals surface area contributed by atoms with Crippen LogP contribution in [0.4, 0.5) is 11.5 Å². The summed E-state index contributed by atoms with van der Waals surface area (Å²) in [6.45, 7) is 4.16. The lowest BCUT2D eigenvalue weighted by molar-refractivity contribution is 0.845. The van der Waals surface area contributed by atoms with Crippen LogP contribution in [0.25, 0.3) is 5.65 Å². The second-order valence-electron chi connectivity index (χ2n) is 4.98. The first-order valence-electron chi connectivity index (χ1n) is 6.56. The number of nitrogens with two attached hydrogens (primary N) is 1. The van der Waals surface area contributed by atoms with Gasteiger partial charge in [0.15, 0.2) is 5.65 Å². The summed E-state index contributed by atoms with van der Waals surface area (Å²) in [5.41, 5.74) is 9.66. The van der Waals surface area contributed by atoms with Crippen molar-refractivity contribution in [2.75, 3.05) is 11.1 Å². The molecule has 3 N–H and O–H groups in total. The van der Waals surface area contributed by atoms with Gasteiger partial charge in [-0.3, -0.25) is 0 Å². The van der Waals surface area contributed by atoms with E-state index < -0.39 is 0 Å². The van der Waals surface area contributed by atoms with Crippen LogP contribution < -0.4 is 11.1 Å². The fourth-order valence-corrected chi connectivity index (χ4v) is 2.25. The number of aryl methyl sites for hydroxylation is 1. The van der Waals surface area contributed by atoms with Gasteiger partial charge < -0.3 is 11.1 Å². The zero-order valence-corrected chi connectivity index (χ0v) is 11.5. The summed E-state index contributed by atoms with van der Waals surface area (Å²) in [5.74, 6) is 0.932. The van der Waals surface area contributed by atoms with Crippen molar-refractivity contribution in [1.29, 1.82) is 0 Å². The highest BCUT2D eigenvalue weighted by molar-refractivity contribution is 5.52. The first kappa shape index (κ1) is 12.5. The number of nitrogens with one attached hydrogen (secondary N) is 1. The molecule has 0 amide bonds. The number of rotatable bonds is 3. The molecule has 0 aliphatic rings. The van der Waals surface area contributed by atoms with Gasteiger partial charge in [-0.05, 0) is 49.2 Å². The van der Waals surface area contributed by atoms with E-state index in [2.05, 4.69) is 28.4 Å². The van der Waals surface area contributed by atoms with Gasteiger partial charge in [0, 0.05) is 11.7 Å². The van der Waals surface area contributed by atoms with Crippen molar-refractivity contribution in [2.45, 2.75) is 19.9 Å². The molecule has 0 bridgehead atoms. The number of nitrogen functional groups attached to an aromatic ring is 1. The highest BCUT2D eigenvalue weighted by Gasteiger charge is 2.09. The molecule has 0 saturated carbocycles. The average molecular weight is 267 g/mol. The van der Waals surface area contributed by atoms with Gasteiger partial charge >= 0.3 is 0 Å². The topological polar surface area (TPSA) is 68.2 Å². The maximum absolute atomic E-state index is 5.72. The standard InChI is InChI=1S/C15H17N5/c1-10-7-14-17-9-18-20(14)15(8-10)19-11(2)12-3-5-13(16)6-4-12/h3-9,11,19H,16H2,1-2H3. The Morgan fingerprint density at radius 1 is 1.20 bits per heavy atom. The van der Waals surface area contributed by atoms with Gasteiger partial charge in [-0.1, -0.05) is 12.1 Å². The lowest BCUT2D eigenvalue weighted by Crippen LogP contribution is -2.10. The second-order valence-corrected chi connectivity index (χ2v) is 4.98. The van der Waals surface area contributed by atoms with Gasteiger partial charge in [0.25, 0.3) is 0 Å². The summed E-state index contributed by atoms with van der Waals surface area (Å²) in [6.07, 6.45) is 1.56. The molecule has 1 aromatic carbocycles. The van der Waals surface area contributed by atoms with E-state index in [1.807, 2.05) is 37.3 Å². The third-order valence-electron chi connectivity index (χ3n) is 3.32. The smallest absolute Gasteiger partial charge is 0.157 e. The van der Waals surface area contributed by atoms with Crippen molar-refractivity contribution in [1.82, 2.24) is 14.6 Å². The molecule has 1 unspecified atom stereocenters. The fraction of sp³-hybridized carbons (Fsp3) is 0.200. The molecular weight excluding hydrogens is 250 g/mol. The molecule has 5 heteroatoms. The third kappa shape index (κ3) is 2.30. The van der Waals surface area contributed by atoms with E-state index in [9.17, 15) is 0 Å². The van der Waals surface area contributed by atoms with Crippen molar-refractivity contribution in [3.05, 3.63) is 53.9 Å². The van der Waals surface area contributed by atoms with Crippen LogP contribution in [0.2, 0.25) is 0 Å². The number of hydrogen-bond donors (Lipinski definition) is 2. The van der Waals surface area contributed by atoms with Gasteiger partial charge in [-0.2, -0.15) is 9.61 Å². The molecule has 0 saturated heterocycles. The van der Waals surface area contributed by atoms with Crippen LogP contribution >= 0.6 is 0 Å². The van der Waals surface area contributed by atoms with Crippen LogP contribution in [0, 0.1) is 6.92 Å². The Hall–Kier alpha value is -2.56. The number of pyridine rings is 1. The van der Waals surface area contributed by atoms with Crippen molar-refractivity contribution < 1.29 is 0 Å². The van der Waals surface area contributed by atoms with Crippen molar-refractivity contribution >= 4 is 17.2 Å². The summed E-state index contributed by atoms with van der Waals surface area (Å²) in [7, 11) is 0. The largest absolute Gasteiger partial charge is 0.399 e. The summed E-state index contributed by atoms with van der Waals surface area (Å²) >= 11 is 0. The number of nitrogens with zero attached hydrogens (tertiary/aromatic N) is 3. The van der Waals surface area contributed by atoms with Crippen LogP contribution in [-0.2, 0) is 0 Å². The predicted octanol–water partition coefficient (Wildman–Crippen LogP) is 2.79. The van der Waals surface area contributed by atoms with Crippen molar-refractivity contribution in [3.8, 4) is 0 Å². The van der Waals surface area contributed by atoms with Crippen molar-refractivity contribution in [2.24, 2.45) is 0 Å². The van der Waals surface area contributed by atoms with Crippen LogP contribution in [0.15, 0.2) is 42.7 Å². The Kier molecular flexibility index (Phi) is 3.02. The minimum Gasteiger partial charge on any atom is -0.399 e. The van der Waals surface area contributed by atoms with E-state index in [4.69, 9.17) is 5.73 Å². The summed E-state index contributed by atoms with van der Waals surface area (Å²) in [4.78, 5) is 4.23. The predicted molar refractivity (Wildman–Crippen MR) is 80.6 cm³/mol. The average Bonchev–Trinajstić information content (AvgIpc) is 2.87. The van der Waals surface area contributed by atoms with E-state index in [1.165, 1.54) is 5.56 Å². The number of anilines is 2.